The van der Waals surface area contributed by atoms with E-state index >= 15 is 0 Å². The zero-order chi connectivity index (χ0) is 52.2. The van der Waals surface area contributed by atoms with Crippen LogP contribution in [0.2, 0.25) is 0 Å². The maximum atomic E-state index is 7.51. The molecule has 370 valence electrons. The van der Waals surface area contributed by atoms with E-state index in [1.54, 1.807) is 0 Å². The first-order valence-electron chi connectivity index (χ1n) is 27.3. The number of ether oxygens (including phenoxy) is 4. The van der Waals surface area contributed by atoms with Gasteiger partial charge in [0.2, 0.25) is 0 Å². The second-order valence-corrected chi connectivity index (χ2v) is 21.4. The van der Waals surface area contributed by atoms with E-state index in [4.69, 9.17) is 23.4 Å². The third-order valence-corrected chi connectivity index (χ3v) is 17.0. The molecule has 0 bridgehead atoms. The third kappa shape index (κ3) is 6.27. The number of aromatic nitrogens is 1. The Morgan fingerprint density at radius 1 is 0.287 bits per heavy atom. The van der Waals surface area contributed by atoms with E-state index in [2.05, 4.69) is 229 Å². The monoisotopic (exact) mass is 1020 g/mol. The molecule has 0 spiro atoms. The number of fused-ring (bicyclic) bond motifs is 15. The Labute approximate surface area is 460 Å². The van der Waals surface area contributed by atoms with Crippen molar-refractivity contribution in [3.63, 3.8) is 0 Å². The molecule has 0 amide bonds. The summed E-state index contributed by atoms with van der Waals surface area (Å²) in [6.07, 6.45) is 0. The summed E-state index contributed by atoms with van der Waals surface area (Å²) in [5, 5.41) is 4.39. The Hall–Kier alpha value is -10.4. The summed E-state index contributed by atoms with van der Waals surface area (Å²) in [6.45, 7) is 0.00476. The van der Waals surface area contributed by atoms with Gasteiger partial charge in [-0.1, -0.05) is 164 Å². The molecule has 0 fully saturated rings. The van der Waals surface area contributed by atoms with Crippen LogP contribution in [0, 0.1) is 0 Å². The number of hydrogen-bond donors (Lipinski definition) is 0. The fourth-order valence-corrected chi connectivity index (χ4v) is 13.6. The summed E-state index contributed by atoms with van der Waals surface area (Å²) >= 11 is 0. The molecule has 4 aliphatic rings. The first kappa shape index (κ1) is 43.6. The van der Waals surface area contributed by atoms with Crippen molar-refractivity contribution in [2.75, 3.05) is 0 Å². The second kappa shape index (κ2) is 16.5. The van der Waals surface area contributed by atoms with Crippen molar-refractivity contribution in [3.05, 3.63) is 249 Å². The summed E-state index contributed by atoms with van der Waals surface area (Å²) in [7, 11) is 0. The van der Waals surface area contributed by atoms with Gasteiger partial charge in [0, 0.05) is 43.9 Å². The van der Waals surface area contributed by atoms with E-state index in [9.17, 15) is 0 Å². The van der Waals surface area contributed by atoms with Gasteiger partial charge in [-0.2, -0.15) is 0 Å². The first-order chi connectivity index (χ1) is 39.6. The predicted molar refractivity (Wildman–Crippen MR) is 325 cm³/mol. The molecule has 0 saturated heterocycles. The molecule has 0 saturated carbocycles. The summed E-state index contributed by atoms with van der Waals surface area (Å²) in [6, 6.07) is 88.1. The minimum atomic E-state index is -0.000690. The molecule has 0 radical (unpaired) electrons. The van der Waals surface area contributed by atoms with E-state index in [1.165, 1.54) is 0 Å². The number of furan rings is 1. The van der Waals surface area contributed by atoms with Gasteiger partial charge in [-0.15, -0.1) is 0 Å². The molecule has 0 atom stereocenters. The lowest BCUT2D eigenvalue weighted by molar-refractivity contribution is 0.464. The van der Waals surface area contributed by atoms with Crippen LogP contribution in [0.3, 0.4) is 0 Å². The van der Waals surface area contributed by atoms with E-state index in [0.29, 0.717) is 0 Å². The zero-order valence-corrected chi connectivity index (χ0v) is 42.8. The van der Waals surface area contributed by atoms with Crippen LogP contribution in [0.15, 0.2) is 253 Å². The average molecular weight is 1020 g/mol. The molecule has 14 aromatic rings. The van der Waals surface area contributed by atoms with Crippen molar-refractivity contribution < 1.29 is 23.4 Å². The van der Waals surface area contributed by atoms with Crippen molar-refractivity contribution in [3.8, 4) is 96.2 Å². The van der Waals surface area contributed by atoms with Crippen molar-refractivity contribution in [1.82, 2.24) is 4.57 Å². The van der Waals surface area contributed by atoms with Crippen LogP contribution >= 0.6 is 0 Å². The smallest absolute Gasteiger partial charge is 0.260 e. The summed E-state index contributed by atoms with van der Waals surface area (Å²) in [4.78, 5) is 0. The Morgan fingerprint density at radius 3 is 1.26 bits per heavy atom. The standard InChI is InChI=1S/C72H41B2NO5/c1-2-21-48(22-3-1)75-58-30-9-4-23-50(58)53-41-52(45-20-15-18-43(36-45)47-39-65-69-66(40-47)79-62-34-13-8-29-57(62)74(69)56-28-7-12-33-61(56)78-65)72-67(70(53)75)51-25-16-24-49(71(51)80-72)44-19-14-17-42(35-44)46-37-63-68-64(38-46)77-60-32-11-6-27-55(60)73(68)54-26-5-10-31-59(54)76-63/h1-41H. The molecule has 18 rings (SSSR count). The second-order valence-electron chi connectivity index (χ2n) is 21.4. The molecular weight excluding hydrogens is 980 g/mol. The third-order valence-electron chi connectivity index (χ3n) is 17.0. The van der Waals surface area contributed by atoms with Crippen LogP contribution in [0.25, 0.3) is 93.9 Å². The quantitative estimate of drug-likeness (QED) is 0.161. The Kier molecular flexibility index (Phi) is 9.03. The van der Waals surface area contributed by atoms with Gasteiger partial charge in [0.25, 0.3) is 13.4 Å². The molecule has 2 aromatic heterocycles. The Bertz CT molecular complexity index is 4860. The van der Waals surface area contributed by atoms with Gasteiger partial charge in [0.1, 0.15) is 57.2 Å². The lowest BCUT2D eigenvalue weighted by Gasteiger charge is -2.33. The van der Waals surface area contributed by atoms with Gasteiger partial charge in [0.15, 0.2) is 0 Å². The highest BCUT2D eigenvalue weighted by Gasteiger charge is 2.42. The Morgan fingerprint density at radius 2 is 0.725 bits per heavy atom. The van der Waals surface area contributed by atoms with Gasteiger partial charge in [-0.05, 0) is 140 Å². The van der Waals surface area contributed by atoms with Gasteiger partial charge in [-0.25, -0.2) is 0 Å². The normalized spacial score (nSPS) is 13.1. The molecular formula is C72H41B2NO5. The summed E-state index contributed by atoms with van der Waals surface area (Å²) in [5.41, 5.74) is 19.7. The number of hydrogen-bond acceptors (Lipinski definition) is 5. The molecule has 0 unspecified atom stereocenters. The highest BCUT2D eigenvalue weighted by atomic mass is 16.5. The molecule has 8 heteroatoms. The predicted octanol–water partition coefficient (Wildman–Crippen LogP) is 14.8. The summed E-state index contributed by atoms with van der Waals surface area (Å²) < 4.78 is 36.9. The van der Waals surface area contributed by atoms with Crippen molar-refractivity contribution in [2.24, 2.45) is 0 Å². The van der Waals surface area contributed by atoms with Gasteiger partial charge in [-0.3, -0.25) is 0 Å². The van der Waals surface area contributed by atoms with E-state index in [-0.39, 0.29) is 13.4 Å². The fourth-order valence-electron chi connectivity index (χ4n) is 13.6. The number of nitrogens with zero attached hydrogens (tertiary/aromatic N) is 1. The van der Waals surface area contributed by atoms with Crippen molar-refractivity contribution in [2.45, 2.75) is 0 Å². The number of rotatable bonds is 5. The van der Waals surface area contributed by atoms with Crippen LogP contribution in [0.5, 0.6) is 46.0 Å². The fraction of sp³-hybridized carbons (Fsp3) is 0. The van der Waals surface area contributed by atoms with Crippen LogP contribution in [-0.4, -0.2) is 18.0 Å². The molecule has 80 heavy (non-hydrogen) atoms. The maximum Gasteiger partial charge on any atom is 0.260 e. The molecule has 0 N–H and O–H groups in total. The van der Waals surface area contributed by atoms with Gasteiger partial charge in [0.05, 0.1) is 16.4 Å². The van der Waals surface area contributed by atoms with E-state index < -0.39 is 0 Å². The molecule has 4 aliphatic heterocycles. The zero-order valence-electron chi connectivity index (χ0n) is 42.8. The van der Waals surface area contributed by atoms with E-state index in [1.807, 2.05) is 24.3 Å². The molecule has 12 aromatic carbocycles. The number of para-hydroxylation sites is 7. The van der Waals surface area contributed by atoms with Gasteiger partial charge >= 0.3 is 0 Å². The Balaban J connectivity index is 0.824. The van der Waals surface area contributed by atoms with Crippen LogP contribution in [0.4, 0.5) is 0 Å². The molecule has 6 heterocycles. The van der Waals surface area contributed by atoms with E-state index in [0.717, 1.165) is 173 Å². The largest absolute Gasteiger partial charge is 0.458 e. The van der Waals surface area contributed by atoms with Crippen LogP contribution < -0.4 is 51.7 Å². The average Bonchev–Trinajstić information content (AvgIpc) is 4.24. The minimum absolute atomic E-state index is 0.000690. The highest BCUT2D eigenvalue weighted by molar-refractivity contribution is 6.99. The van der Waals surface area contributed by atoms with Crippen LogP contribution in [0.1, 0.15) is 0 Å². The minimum Gasteiger partial charge on any atom is -0.458 e. The highest BCUT2D eigenvalue weighted by Crippen LogP contribution is 2.49. The first-order valence-corrected chi connectivity index (χ1v) is 27.3. The molecule has 6 nitrogen and oxygen atoms in total. The number of benzene rings is 12. The molecule has 0 aliphatic carbocycles. The summed E-state index contributed by atoms with van der Waals surface area (Å²) in [5.74, 6) is 6.69. The van der Waals surface area contributed by atoms with Gasteiger partial charge < -0.3 is 27.9 Å². The van der Waals surface area contributed by atoms with Crippen LogP contribution in [-0.2, 0) is 0 Å². The SMILES string of the molecule is c1ccc(-n2c3ccccc3c3cc(-c4cccc(-c5cc6c7c(c5)Oc5ccccc5B7c5ccccc5O6)c4)c4oc5c(-c6cccc(-c7cc8c9c(c7)Oc7ccccc7B9c7ccccc7O8)c6)cccc5c4c32)cc1. The van der Waals surface area contributed by atoms with Crippen molar-refractivity contribution in [1.29, 1.82) is 0 Å². The lowest BCUT2D eigenvalue weighted by Crippen LogP contribution is -2.57. The maximum absolute atomic E-state index is 7.51. The van der Waals surface area contributed by atoms with Crippen molar-refractivity contribution >= 4 is 89.9 Å². The topological polar surface area (TPSA) is 55.0 Å². The lowest BCUT2D eigenvalue weighted by atomic mass is 9.35.